The molecule has 0 aromatic carbocycles. The number of hydrogen-bond donors (Lipinski definition) is 0. The third-order valence-corrected chi connectivity index (χ3v) is 2.63. The van der Waals surface area contributed by atoms with Crippen LogP contribution in [0.5, 0.6) is 0 Å². The first kappa shape index (κ1) is 10.2. The Labute approximate surface area is 77.2 Å². The minimum absolute atomic E-state index is 0.0447. The van der Waals surface area contributed by atoms with Crippen molar-refractivity contribution in [2.75, 3.05) is 13.9 Å². The molecule has 0 unspecified atom stereocenters. The van der Waals surface area contributed by atoms with Crippen LogP contribution in [0, 0.1) is 17.3 Å². The van der Waals surface area contributed by atoms with E-state index >= 15 is 0 Å². The number of hydrogen-bond acceptors (Lipinski definition) is 4. The average Bonchev–Trinajstić information content (AvgIpc) is 2.63. The molecule has 0 spiro atoms. The van der Waals surface area contributed by atoms with Crippen LogP contribution in [0.15, 0.2) is 0 Å². The number of methoxy groups -OCH3 is 1. The summed E-state index contributed by atoms with van der Waals surface area (Å²) in [7, 11) is 1.45. The standard InChI is InChI=1S/C9H14O4/c1-9(2)6(4-10)7(9)8(11)13-5-12-3/h4,6-7H,5H2,1-3H3/t6-,7-/m0/s1. The Bertz CT molecular complexity index is 222. The van der Waals surface area contributed by atoms with Gasteiger partial charge in [0.15, 0.2) is 6.79 Å². The second-order valence-electron chi connectivity index (χ2n) is 3.83. The van der Waals surface area contributed by atoms with Crippen LogP contribution < -0.4 is 0 Å². The van der Waals surface area contributed by atoms with Crippen molar-refractivity contribution in [3.63, 3.8) is 0 Å². The van der Waals surface area contributed by atoms with Crippen LogP contribution in [0.1, 0.15) is 13.8 Å². The minimum Gasteiger partial charge on any atom is -0.438 e. The summed E-state index contributed by atoms with van der Waals surface area (Å²) in [6, 6.07) is 0. The molecule has 74 valence electrons. The lowest BCUT2D eigenvalue weighted by Gasteiger charge is -2.03. The number of ether oxygens (including phenoxy) is 2. The lowest BCUT2D eigenvalue weighted by atomic mass is 10.1. The predicted molar refractivity (Wildman–Crippen MR) is 44.8 cm³/mol. The summed E-state index contributed by atoms with van der Waals surface area (Å²) in [6.07, 6.45) is 0.818. The van der Waals surface area contributed by atoms with Gasteiger partial charge in [0.2, 0.25) is 0 Å². The van der Waals surface area contributed by atoms with Gasteiger partial charge in [-0.1, -0.05) is 13.8 Å². The smallest absolute Gasteiger partial charge is 0.312 e. The normalized spacial score (nSPS) is 29.5. The molecule has 2 atom stereocenters. The lowest BCUT2D eigenvalue weighted by Crippen LogP contribution is -2.12. The highest BCUT2D eigenvalue weighted by molar-refractivity contribution is 5.84. The van der Waals surface area contributed by atoms with E-state index in [4.69, 9.17) is 4.74 Å². The Morgan fingerprint density at radius 1 is 1.54 bits per heavy atom. The Hall–Kier alpha value is -0.900. The molecule has 0 saturated heterocycles. The van der Waals surface area contributed by atoms with Gasteiger partial charge >= 0.3 is 5.97 Å². The Morgan fingerprint density at radius 2 is 2.15 bits per heavy atom. The summed E-state index contributed by atoms with van der Waals surface area (Å²) in [5, 5.41) is 0. The molecule has 0 heterocycles. The fourth-order valence-electron chi connectivity index (χ4n) is 1.59. The summed E-state index contributed by atoms with van der Waals surface area (Å²) in [6.45, 7) is 3.71. The molecule has 0 aromatic rings. The maximum atomic E-state index is 11.3. The van der Waals surface area contributed by atoms with Gasteiger partial charge in [-0.05, 0) is 5.41 Å². The summed E-state index contributed by atoms with van der Waals surface area (Å²) >= 11 is 0. The highest BCUT2D eigenvalue weighted by Crippen LogP contribution is 2.57. The molecule has 1 saturated carbocycles. The van der Waals surface area contributed by atoms with Crippen LogP contribution in [-0.2, 0) is 19.1 Å². The molecule has 0 aliphatic heterocycles. The van der Waals surface area contributed by atoms with Gasteiger partial charge in [-0.25, -0.2) is 0 Å². The lowest BCUT2D eigenvalue weighted by molar-refractivity contribution is -0.157. The van der Waals surface area contributed by atoms with Crippen LogP contribution in [0.3, 0.4) is 0 Å². The fraction of sp³-hybridized carbons (Fsp3) is 0.778. The van der Waals surface area contributed by atoms with Crippen molar-refractivity contribution in [1.82, 2.24) is 0 Å². The van der Waals surface area contributed by atoms with Crippen molar-refractivity contribution >= 4 is 12.3 Å². The average molecular weight is 186 g/mol. The van der Waals surface area contributed by atoms with Gasteiger partial charge in [-0.3, -0.25) is 4.79 Å². The molecule has 1 aliphatic rings. The SMILES string of the molecule is COCOC(=O)[C@@H]1[C@H](C=O)C1(C)C. The first-order chi connectivity index (χ1) is 6.05. The second kappa shape index (κ2) is 3.46. The van der Waals surface area contributed by atoms with Crippen LogP contribution in [0.4, 0.5) is 0 Å². The number of carbonyl (C=O) groups excluding carboxylic acids is 2. The Kier molecular flexibility index (Phi) is 2.71. The van der Waals surface area contributed by atoms with Gasteiger partial charge in [0, 0.05) is 13.0 Å². The summed E-state index contributed by atoms with van der Waals surface area (Å²) in [4.78, 5) is 21.8. The predicted octanol–water partition coefficient (Wildman–Crippen LogP) is 0.605. The highest BCUT2D eigenvalue weighted by atomic mass is 16.7. The van der Waals surface area contributed by atoms with E-state index < -0.39 is 0 Å². The van der Waals surface area contributed by atoms with Gasteiger partial charge in [-0.2, -0.15) is 0 Å². The zero-order valence-corrected chi connectivity index (χ0v) is 8.07. The molecular weight excluding hydrogens is 172 g/mol. The van der Waals surface area contributed by atoms with E-state index in [-0.39, 0.29) is 30.0 Å². The number of rotatable bonds is 4. The molecule has 4 nitrogen and oxygen atoms in total. The third kappa shape index (κ3) is 1.72. The molecule has 1 rings (SSSR count). The van der Waals surface area contributed by atoms with Gasteiger partial charge < -0.3 is 14.3 Å². The van der Waals surface area contributed by atoms with Crippen LogP contribution in [0.25, 0.3) is 0 Å². The summed E-state index contributed by atoms with van der Waals surface area (Å²) in [5.41, 5.74) is -0.243. The van der Waals surface area contributed by atoms with Crippen LogP contribution in [0.2, 0.25) is 0 Å². The van der Waals surface area contributed by atoms with E-state index in [0.29, 0.717) is 0 Å². The molecule has 13 heavy (non-hydrogen) atoms. The van der Waals surface area contributed by atoms with Crippen LogP contribution >= 0.6 is 0 Å². The third-order valence-electron chi connectivity index (χ3n) is 2.63. The minimum atomic E-state index is -0.344. The second-order valence-corrected chi connectivity index (χ2v) is 3.83. The van der Waals surface area contributed by atoms with E-state index in [9.17, 15) is 9.59 Å². The maximum Gasteiger partial charge on any atom is 0.312 e. The summed E-state index contributed by atoms with van der Waals surface area (Å²) < 4.78 is 9.36. The molecule has 0 amide bonds. The fourth-order valence-corrected chi connectivity index (χ4v) is 1.59. The van der Waals surface area contributed by atoms with Crippen LogP contribution in [-0.4, -0.2) is 26.2 Å². The summed E-state index contributed by atoms with van der Waals surface area (Å²) in [5.74, 6) is -0.832. The van der Waals surface area contributed by atoms with Gasteiger partial charge in [0.05, 0.1) is 5.92 Å². The molecular formula is C9H14O4. The molecule has 0 aromatic heterocycles. The molecule has 0 bridgehead atoms. The van der Waals surface area contributed by atoms with Crippen molar-refractivity contribution in [2.24, 2.45) is 17.3 Å². The number of aldehydes is 1. The Morgan fingerprint density at radius 3 is 2.54 bits per heavy atom. The topological polar surface area (TPSA) is 52.6 Å². The van der Waals surface area contributed by atoms with Gasteiger partial charge in [0.1, 0.15) is 6.29 Å². The first-order valence-corrected chi connectivity index (χ1v) is 4.16. The van der Waals surface area contributed by atoms with E-state index in [2.05, 4.69) is 4.74 Å². The van der Waals surface area contributed by atoms with E-state index in [0.717, 1.165) is 6.29 Å². The van der Waals surface area contributed by atoms with E-state index in [1.54, 1.807) is 0 Å². The molecule has 1 fully saturated rings. The van der Waals surface area contributed by atoms with Crippen molar-refractivity contribution in [2.45, 2.75) is 13.8 Å². The van der Waals surface area contributed by atoms with Crippen molar-refractivity contribution in [1.29, 1.82) is 0 Å². The molecule has 1 aliphatic carbocycles. The zero-order chi connectivity index (χ0) is 10.1. The largest absolute Gasteiger partial charge is 0.438 e. The highest BCUT2D eigenvalue weighted by Gasteiger charge is 2.62. The number of carbonyl (C=O) groups is 2. The monoisotopic (exact) mass is 186 g/mol. The first-order valence-electron chi connectivity index (χ1n) is 4.16. The quantitative estimate of drug-likeness (QED) is 0.366. The molecule has 0 radical (unpaired) electrons. The van der Waals surface area contributed by atoms with Crippen molar-refractivity contribution in [3.8, 4) is 0 Å². The molecule has 4 heteroatoms. The van der Waals surface area contributed by atoms with E-state index in [1.165, 1.54) is 7.11 Å². The maximum absolute atomic E-state index is 11.3. The molecule has 0 N–H and O–H groups in total. The van der Waals surface area contributed by atoms with Gasteiger partial charge in [0.25, 0.3) is 0 Å². The zero-order valence-electron chi connectivity index (χ0n) is 8.07. The number of esters is 1. The van der Waals surface area contributed by atoms with E-state index in [1.807, 2.05) is 13.8 Å². The Balaban J connectivity index is 2.46. The van der Waals surface area contributed by atoms with Gasteiger partial charge in [-0.15, -0.1) is 0 Å². The van der Waals surface area contributed by atoms with Crippen molar-refractivity contribution in [3.05, 3.63) is 0 Å². The van der Waals surface area contributed by atoms with Crippen molar-refractivity contribution < 1.29 is 19.1 Å².